The van der Waals surface area contributed by atoms with Crippen molar-refractivity contribution in [2.24, 2.45) is 29.0 Å². The number of hydrazine groups is 1. The van der Waals surface area contributed by atoms with Gasteiger partial charge in [-0.15, -0.1) is 0 Å². The fourth-order valence-electron chi connectivity index (χ4n) is 3.10. The second-order valence-corrected chi connectivity index (χ2v) is 8.75. The zero-order chi connectivity index (χ0) is 14.5. The molecule has 0 spiro atoms. The van der Waals surface area contributed by atoms with Gasteiger partial charge in [0.15, 0.2) is 0 Å². The van der Waals surface area contributed by atoms with Gasteiger partial charge in [-0.05, 0) is 42.4 Å². The van der Waals surface area contributed by atoms with Gasteiger partial charge in [0.25, 0.3) is 0 Å². The molecule has 0 aromatic carbocycles. The van der Waals surface area contributed by atoms with Crippen molar-refractivity contribution in [1.29, 1.82) is 0 Å². The van der Waals surface area contributed by atoms with Crippen LogP contribution >= 0.6 is 24.0 Å². The van der Waals surface area contributed by atoms with Crippen LogP contribution in [0, 0.1) is 23.2 Å². The van der Waals surface area contributed by atoms with Crippen molar-refractivity contribution >= 4 is 28.3 Å². The molecule has 2 nitrogen and oxygen atoms in total. The number of thiocarbonyl (C=S) groups is 1. The number of hydrogen-bond donors (Lipinski definition) is 2. The van der Waals surface area contributed by atoms with Gasteiger partial charge in [0, 0.05) is 5.75 Å². The van der Waals surface area contributed by atoms with Gasteiger partial charge in [-0.2, -0.15) is 0 Å². The van der Waals surface area contributed by atoms with Crippen LogP contribution in [-0.4, -0.2) is 10.1 Å². The van der Waals surface area contributed by atoms with E-state index in [2.05, 4.69) is 33.1 Å². The zero-order valence-corrected chi connectivity index (χ0v) is 14.5. The maximum absolute atomic E-state index is 5.35. The van der Waals surface area contributed by atoms with E-state index in [1.54, 1.807) is 11.8 Å². The van der Waals surface area contributed by atoms with E-state index in [9.17, 15) is 0 Å². The standard InChI is InChI=1S/C15H30N2S2/c1-11-6-5-7-13(15(2,3)4)9-8-12(11)10-19-14(18)17-16/h11-13H,5-10,16H2,1-4H3,(H,17,18)/t11-,12+,13-/m0/s1. The molecule has 0 aliphatic heterocycles. The number of hydrogen-bond acceptors (Lipinski definition) is 3. The fourth-order valence-corrected chi connectivity index (χ4v) is 4.25. The zero-order valence-electron chi connectivity index (χ0n) is 12.9. The number of rotatable bonds is 2. The Morgan fingerprint density at radius 3 is 2.53 bits per heavy atom. The Labute approximate surface area is 128 Å². The predicted octanol–water partition coefficient (Wildman–Crippen LogP) is 4.35. The molecular formula is C15H30N2S2. The molecule has 0 heterocycles. The minimum atomic E-state index is 0.451. The molecule has 1 aliphatic rings. The maximum Gasteiger partial charge on any atom is 0.147 e. The van der Waals surface area contributed by atoms with Crippen LogP contribution in [0.15, 0.2) is 0 Å². The van der Waals surface area contributed by atoms with Gasteiger partial charge in [-0.1, -0.05) is 64.5 Å². The molecule has 0 radical (unpaired) electrons. The number of thioether (sulfide) groups is 1. The van der Waals surface area contributed by atoms with Gasteiger partial charge < -0.3 is 5.43 Å². The molecule has 4 heteroatoms. The first-order valence-electron chi connectivity index (χ1n) is 7.48. The summed E-state index contributed by atoms with van der Waals surface area (Å²) in [5, 5.41) is 0. The summed E-state index contributed by atoms with van der Waals surface area (Å²) in [6.45, 7) is 9.57. The first-order valence-corrected chi connectivity index (χ1v) is 8.87. The molecule has 0 saturated heterocycles. The summed E-state index contributed by atoms with van der Waals surface area (Å²) in [5.41, 5.74) is 3.03. The van der Waals surface area contributed by atoms with E-state index in [-0.39, 0.29) is 0 Å². The van der Waals surface area contributed by atoms with Crippen molar-refractivity contribution in [1.82, 2.24) is 5.43 Å². The number of nitrogens with two attached hydrogens (primary N) is 1. The van der Waals surface area contributed by atoms with Crippen molar-refractivity contribution in [2.45, 2.75) is 59.8 Å². The van der Waals surface area contributed by atoms with E-state index < -0.39 is 0 Å². The average molecular weight is 303 g/mol. The minimum Gasteiger partial charge on any atom is -0.309 e. The van der Waals surface area contributed by atoms with Crippen LogP contribution in [0.1, 0.15) is 59.8 Å². The summed E-state index contributed by atoms with van der Waals surface area (Å²) in [5.74, 6) is 8.92. The highest BCUT2D eigenvalue weighted by Gasteiger charge is 2.29. The van der Waals surface area contributed by atoms with Gasteiger partial charge in [0.2, 0.25) is 0 Å². The molecule has 1 rings (SSSR count). The van der Waals surface area contributed by atoms with Gasteiger partial charge >= 0.3 is 0 Å². The van der Waals surface area contributed by atoms with Crippen LogP contribution in [-0.2, 0) is 0 Å². The Morgan fingerprint density at radius 2 is 1.95 bits per heavy atom. The third kappa shape index (κ3) is 6.01. The van der Waals surface area contributed by atoms with Crippen LogP contribution in [0.5, 0.6) is 0 Å². The summed E-state index contributed by atoms with van der Waals surface area (Å²) in [4.78, 5) is 0. The SMILES string of the molecule is C[C@H]1CCC[C@H](C(C)(C)C)CC[C@@H]1CSC(=S)NN. The van der Waals surface area contributed by atoms with Crippen LogP contribution in [0.4, 0.5) is 0 Å². The fraction of sp³-hybridized carbons (Fsp3) is 0.933. The Morgan fingerprint density at radius 1 is 1.26 bits per heavy atom. The molecule has 0 amide bonds. The molecule has 0 aromatic heterocycles. The van der Waals surface area contributed by atoms with E-state index in [4.69, 9.17) is 18.1 Å². The Kier molecular flexibility index (Phi) is 7.12. The van der Waals surface area contributed by atoms with Crippen molar-refractivity contribution < 1.29 is 0 Å². The monoisotopic (exact) mass is 302 g/mol. The third-order valence-electron chi connectivity index (χ3n) is 4.67. The van der Waals surface area contributed by atoms with E-state index >= 15 is 0 Å². The van der Waals surface area contributed by atoms with Crippen molar-refractivity contribution in [2.75, 3.05) is 5.75 Å². The first kappa shape index (κ1) is 17.3. The number of nitrogens with one attached hydrogen (secondary N) is 1. The average Bonchev–Trinajstić information content (AvgIpc) is 2.31. The molecule has 3 N–H and O–H groups in total. The molecule has 1 saturated carbocycles. The maximum atomic E-state index is 5.35. The predicted molar refractivity (Wildman–Crippen MR) is 91.1 cm³/mol. The lowest BCUT2D eigenvalue weighted by atomic mass is 9.71. The molecule has 3 atom stereocenters. The largest absolute Gasteiger partial charge is 0.309 e. The van der Waals surface area contributed by atoms with Gasteiger partial charge in [-0.25, -0.2) is 5.84 Å². The molecule has 0 unspecified atom stereocenters. The van der Waals surface area contributed by atoms with Crippen molar-refractivity contribution in [3.63, 3.8) is 0 Å². The third-order valence-corrected chi connectivity index (χ3v) is 6.12. The van der Waals surface area contributed by atoms with E-state index in [0.29, 0.717) is 5.41 Å². The van der Waals surface area contributed by atoms with Crippen LogP contribution < -0.4 is 11.3 Å². The van der Waals surface area contributed by atoms with Crippen LogP contribution in [0.3, 0.4) is 0 Å². The van der Waals surface area contributed by atoms with E-state index in [1.807, 2.05) is 0 Å². The molecule has 1 aliphatic carbocycles. The molecule has 19 heavy (non-hydrogen) atoms. The summed E-state index contributed by atoms with van der Waals surface area (Å²) in [6.07, 6.45) is 6.84. The van der Waals surface area contributed by atoms with E-state index in [0.717, 1.165) is 27.8 Å². The summed E-state index contributed by atoms with van der Waals surface area (Å²) >= 11 is 6.84. The normalized spacial score (nSPS) is 29.4. The van der Waals surface area contributed by atoms with Crippen molar-refractivity contribution in [3.05, 3.63) is 0 Å². The van der Waals surface area contributed by atoms with Gasteiger partial charge in [-0.3, -0.25) is 0 Å². The van der Waals surface area contributed by atoms with Gasteiger partial charge in [0.05, 0.1) is 0 Å². The molecular weight excluding hydrogens is 272 g/mol. The van der Waals surface area contributed by atoms with Crippen molar-refractivity contribution in [3.8, 4) is 0 Å². The lowest BCUT2D eigenvalue weighted by Gasteiger charge is -2.36. The van der Waals surface area contributed by atoms with Crippen LogP contribution in [0.2, 0.25) is 0 Å². The summed E-state index contributed by atoms with van der Waals surface area (Å²) < 4.78 is 0.724. The van der Waals surface area contributed by atoms with Gasteiger partial charge in [0.1, 0.15) is 4.32 Å². The smallest absolute Gasteiger partial charge is 0.147 e. The quantitative estimate of drug-likeness (QED) is 0.452. The summed E-state index contributed by atoms with van der Waals surface area (Å²) in [6, 6.07) is 0. The second kappa shape index (κ2) is 7.84. The Hall–Kier alpha value is 0.200. The molecule has 1 fully saturated rings. The Bertz CT molecular complexity index is 286. The highest BCUT2D eigenvalue weighted by atomic mass is 32.2. The molecule has 0 aromatic rings. The first-order chi connectivity index (χ1) is 8.84. The van der Waals surface area contributed by atoms with Crippen LogP contribution in [0.25, 0.3) is 0 Å². The lowest BCUT2D eigenvalue weighted by molar-refractivity contribution is 0.163. The second-order valence-electron chi connectivity index (χ2n) is 7.05. The highest BCUT2D eigenvalue weighted by molar-refractivity contribution is 8.22. The van der Waals surface area contributed by atoms with E-state index in [1.165, 1.54) is 32.1 Å². The minimum absolute atomic E-state index is 0.451. The molecule has 0 bridgehead atoms. The topological polar surface area (TPSA) is 38.0 Å². The Balaban J connectivity index is 2.53. The highest BCUT2D eigenvalue weighted by Crippen LogP contribution is 2.39. The molecule has 112 valence electrons. The lowest BCUT2D eigenvalue weighted by Crippen LogP contribution is -2.29. The summed E-state index contributed by atoms with van der Waals surface area (Å²) in [7, 11) is 0.